The quantitative estimate of drug-likeness (QED) is 0.451. The molecule has 1 fully saturated rings. The predicted octanol–water partition coefficient (Wildman–Crippen LogP) is 5.13. The van der Waals surface area contributed by atoms with Gasteiger partial charge in [-0.2, -0.15) is 5.10 Å². The van der Waals surface area contributed by atoms with Gasteiger partial charge < -0.3 is 9.88 Å². The minimum Gasteiger partial charge on any atom is -0.322 e. The van der Waals surface area contributed by atoms with E-state index in [2.05, 4.69) is 39.0 Å². The molecule has 2 aliphatic rings. The molecule has 3 aromatic heterocycles. The average molecular weight is 456 g/mol. The molecule has 0 atom stereocenters. The van der Waals surface area contributed by atoms with Crippen molar-refractivity contribution in [1.82, 2.24) is 29.5 Å². The lowest BCUT2D eigenvalue weighted by Crippen LogP contribution is -2.14. The van der Waals surface area contributed by atoms with Crippen molar-refractivity contribution in [3.05, 3.63) is 53.6 Å². The van der Waals surface area contributed by atoms with Gasteiger partial charge in [0.25, 0.3) is 5.91 Å². The molecule has 0 bridgehead atoms. The van der Waals surface area contributed by atoms with Crippen LogP contribution < -0.4 is 5.32 Å². The fourth-order valence-electron chi connectivity index (χ4n) is 4.79. The van der Waals surface area contributed by atoms with Gasteiger partial charge in [-0.1, -0.05) is 6.42 Å². The van der Waals surface area contributed by atoms with Gasteiger partial charge >= 0.3 is 0 Å². The number of anilines is 1. The number of rotatable bonds is 5. The van der Waals surface area contributed by atoms with Crippen molar-refractivity contribution in [2.24, 2.45) is 0 Å². The van der Waals surface area contributed by atoms with E-state index < -0.39 is 0 Å². The van der Waals surface area contributed by atoms with Crippen molar-refractivity contribution in [1.29, 1.82) is 0 Å². The van der Waals surface area contributed by atoms with Crippen LogP contribution >= 0.6 is 0 Å². The molecule has 6 rings (SSSR count). The molecule has 34 heavy (non-hydrogen) atoms. The zero-order chi connectivity index (χ0) is 23.2. The van der Waals surface area contributed by atoms with Crippen LogP contribution in [0.25, 0.3) is 22.4 Å². The first kappa shape index (κ1) is 21.0. The van der Waals surface area contributed by atoms with Gasteiger partial charge in [-0.25, -0.2) is 9.67 Å². The van der Waals surface area contributed by atoms with Crippen molar-refractivity contribution >= 4 is 22.6 Å². The summed E-state index contributed by atoms with van der Waals surface area (Å²) in [5.74, 6) is 2.28. The summed E-state index contributed by atoms with van der Waals surface area (Å²) in [6, 6.07) is 10.0. The highest BCUT2D eigenvalue weighted by Crippen LogP contribution is 2.40. The van der Waals surface area contributed by atoms with Gasteiger partial charge in [-0.3, -0.25) is 4.79 Å². The highest BCUT2D eigenvalue weighted by Gasteiger charge is 2.28. The Bertz CT molecular complexity index is 1360. The fraction of sp³-hybridized carbons (Fsp3) is 0.423. The Morgan fingerprint density at radius 1 is 1.09 bits per heavy atom. The van der Waals surface area contributed by atoms with Crippen molar-refractivity contribution < 1.29 is 4.79 Å². The molecule has 1 N–H and O–H groups in total. The van der Waals surface area contributed by atoms with Crippen LogP contribution in [0.1, 0.15) is 79.8 Å². The molecule has 0 spiro atoms. The number of hydrogen-bond acceptors (Lipinski definition) is 5. The Balaban J connectivity index is 1.28. The second kappa shape index (κ2) is 8.34. The SMILES string of the molecule is CC(C)n1ncc2c(C(=O)Nc3ccc(-c4nnc5n4CCCCC5)cc3)cc(C3CC3)nc21. The zero-order valence-electron chi connectivity index (χ0n) is 19.7. The van der Waals surface area contributed by atoms with E-state index in [9.17, 15) is 4.79 Å². The van der Waals surface area contributed by atoms with Crippen LogP contribution in [0, 0.1) is 0 Å². The maximum absolute atomic E-state index is 13.3. The molecule has 4 heterocycles. The van der Waals surface area contributed by atoms with Gasteiger partial charge in [0.15, 0.2) is 11.5 Å². The number of hydrogen-bond donors (Lipinski definition) is 1. The zero-order valence-corrected chi connectivity index (χ0v) is 19.7. The average Bonchev–Trinajstić information content (AvgIpc) is 3.54. The lowest BCUT2D eigenvalue weighted by Gasteiger charge is -2.11. The second-order valence-corrected chi connectivity index (χ2v) is 9.72. The number of amides is 1. The first-order valence-electron chi connectivity index (χ1n) is 12.3. The van der Waals surface area contributed by atoms with Crippen LogP contribution in [0.2, 0.25) is 0 Å². The summed E-state index contributed by atoms with van der Waals surface area (Å²) in [5.41, 5.74) is 4.17. The molecule has 0 saturated heterocycles. The lowest BCUT2D eigenvalue weighted by molar-refractivity contribution is 0.102. The van der Waals surface area contributed by atoms with Crippen LogP contribution in [-0.4, -0.2) is 35.4 Å². The van der Waals surface area contributed by atoms with E-state index in [1.165, 1.54) is 12.8 Å². The van der Waals surface area contributed by atoms with Crippen molar-refractivity contribution in [2.45, 2.75) is 70.9 Å². The molecule has 8 heteroatoms. The van der Waals surface area contributed by atoms with Crippen LogP contribution in [-0.2, 0) is 13.0 Å². The maximum atomic E-state index is 13.3. The summed E-state index contributed by atoms with van der Waals surface area (Å²) in [7, 11) is 0. The molecule has 4 aromatic rings. The van der Waals surface area contributed by atoms with E-state index in [0.29, 0.717) is 11.5 Å². The molecule has 8 nitrogen and oxygen atoms in total. The normalized spacial score (nSPS) is 16.0. The highest BCUT2D eigenvalue weighted by molar-refractivity contribution is 6.12. The van der Waals surface area contributed by atoms with E-state index in [1.807, 2.05) is 35.0 Å². The highest BCUT2D eigenvalue weighted by atomic mass is 16.1. The lowest BCUT2D eigenvalue weighted by atomic mass is 10.1. The van der Waals surface area contributed by atoms with Crippen molar-refractivity contribution in [3.8, 4) is 11.4 Å². The van der Waals surface area contributed by atoms with Gasteiger partial charge in [0, 0.05) is 41.9 Å². The number of aryl methyl sites for hydroxylation is 1. The minimum absolute atomic E-state index is 0.137. The number of nitrogens with zero attached hydrogens (tertiary/aromatic N) is 6. The molecule has 1 aromatic carbocycles. The monoisotopic (exact) mass is 455 g/mol. The molecular weight excluding hydrogens is 426 g/mol. The smallest absolute Gasteiger partial charge is 0.256 e. The Morgan fingerprint density at radius 3 is 2.68 bits per heavy atom. The topological polar surface area (TPSA) is 90.5 Å². The fourth-order valence-corrected chi connectivity index (χ4v) is 4.79. The summed E-state index contributed by atoms with van der Waals surface area (Å²) in [6.07, 6.45) is 8.56. The number of benzene rings is 1. The standard InChI is InChI=1S/C26H29N7O/c1-16(2)33-25-21(15-27-33)20(14-22(29-25)17-7-8-17)26(34)28-19-11-9-18(10-12-19)24-31-30-23-6-4-3-5-13-32(23)24/h9-12,14-17H,3-8,13H2,1-2H3,(H,28,34). The first-order valence-corrected chi connectivity index (χ1v) is 12.3. The molecule has 1 saturated carbocycles. The Morgan fingerprint density at radius 2 is 1.91 bits per heavy atom. The van der Waals surface area contributed by atoms with Gasteiger partial charge in [0.1, 0.15) is 5.82 Å². The first-order chi connectivity index (χ1) is 16.6. The molecule has 0 unspecified atom stereocenters. The Kier molecular flexibility index (Phi) is 5.16. The largest absolute Gasteiger partial charge is 0.322 e. The molecule has 1 aliphatic carbocycles. The third kappa shape index (κ3) is 3.77. The molecular formula is C26H29N7O. The third-order valence-electron chi connectivity index (χ3n) is 6.83. The summed E-state index contributed by atoms with van der Waals surface area (Å²) < 4.78 is 4.13. The number of carbonyl (C=O) groups excluding carboxylic acids is 1. The maximum Gasteiger partial charge on any atom is 0.256 e. The predicted molar refractivity (Wildman–Crippen MR) is 131 cm³/mol. The van der Waals surface area contributed by atoms with Crippen LogP contribution in [0.4, 0.5) is 5.69 Å². The third-order valence-corrected chi connectivity index (χ3v) is 6.83. The molecule has 1 amide bonds. The number of carbonyl (C=O) groups is 1. The van der Waals surface area contributed by atoms with E-state index in [4.69, 9.17) is 4.98 Å². The van der Waals surface area contributed by atoms with E-state index in [0.717, 1.165) is 71.9 Å². The van der Waals surface area contributed by atoms with Gasteiger partial charge in [-0.05, 0) is 69.9 Å². The molecule has 0 radical (unpaired) electrons. The number of fused-ring (bicyclic) bond motifs is 2. The minimum atomic E-state index is -0.137. The van der Waals surface area contributed by atoms with Gasteiger partial charge in [0.2, 0.25) is 0 Å². The van der Waals surface area contributed by atoms with Crippen molar-refractivity contribution in [3.63, 3.8) is 0 Å². The van der Waals surface area contributed by atoms with Gasteiger partial charge in [-0.15, -0.1) is 10.2 Å². The van der Waals surface area contributed by atoms with E-state index in [1.54, 1.807) is 6.20 Å². The van der Waals surface area contributed by atoms with Crippen LogP contribution in [0.15, 0.2) is 36.5 Å². The Labute approximate surface area is 198 Å². The van der Waals surface area contributed by atoms with Crippen LogP contribution in [0.5, 0.6) is 0 Å². The second-order valence-electron chi connectivity index (χ2n) is 9.72. The Hall–Kier alpha value is -3.55. The van der Waals surface area contributed by atoms with E-state index in [-0.39, 0.29) is 11.9 Å². The number of pyridine rings is 1. The van der Waals surface area contributed by atoms with Gasteiger partial charge in [0.05, 0.1) is 17.1 Å². The summed E-state index contributed by atoms with van der Waals surface area (Å²) in [6.45, 7) is 5.11. The summed E-state index contributed by atoms with van der Waals surface area (Å²) in [4.78, 5) is 18.2. The van der Waals surface area contributed by atoms with Crippen molar-refractivity contribution in [2.75, 3.05) is 5.32 Å². The number of aromatic nitrogens is 6. The number of nitrogens with one attached hydrogen (secondary N) is 1. The summed E-state index contributed by atoms with van der Waals surface area (Å²) in [5, 5.41) is 17.2. The molecule has 1 aliphatic heterocycles. The van der Waals surface area contributed by atoms with E-state index >= 15 is 0 Å². The van der Waals surface area contributed by atoms with Crippen LogP contribution in [0.3, 0.4) is 0 Å². The summed E-state index contributed by atoms with van der Waals surface area (Å²) >= 11 is 0. The molecule has 174 valence electrons.